The molecule has 0 saturated heterocycles. The van der Waals surface area contributed by atoms with Gasteiger partial charge >= 0.3 is 5.97 Å². The number of hydrogen-bond acceptors (Lipinski definition) is 7. The number of ether oxygens (including phenoxy) is 2. The summed E-state index contributed by atoms with van der Waals surface area (Å²) in [7, 11) is 0. The van der Waals surface area contributed by atoms with Crippen LogP contribution in [0.25, 0.3) is 10.2 Å². The lowest BCUT2D eigenvalue weighted by Crippen LogP contribution is -2.32. The molecule has 31 heavy (non-hydrogen) atoms. The van der Waals surface area contributed by atoms with Crippen molar-refractivity contribution in [2.24, 2.45) is 0 Å². The molecular formula is C22H23ClN2O4S2. The minimum absolute atomic E-state index is 0.00925. The molecule has 0 aliphatic carbocycles. The van der Waals surface area contributed by atoms with E-state index in [9.17, 15) is 9.59 Å². The second-order valence-electron chi connectivity index (χ2n) is 6.48. The Balaban J connectivity index is 1.65. The fraction of sp³-hybridized carbons (Fsp3) is 0.318. The van der Waals surface area contributed by atoms with Crippen molar-refractivity contribution in [3.05, 3.63) is 53.1 Å². The molecule has 0 spiro atoms. The van der Waals surface area contributed by atoms with E-state index in [0.717, 1.165) is 20.3 Å². The Morgan fingerprint density at radius 1 is 1.19 bits per heavy atom. The van der Waals surface area contributed by atoms with E-state index in [4.69, 9.17) is 21.1 Å². The quantitative estimate of drug-likeness (QED) is 0.316. The number of amides is 1. The fourth-order valence-electron chi connectivity index (χ4n) is 2.95. The van der Waals surface area contributed by atoms with Crippen LogP contribution in [0.4, 0.5) is 0 Å². The Kier molecular flexibility index (Phi) is 8.57. The molecule has 6 nitrogen and oxygen atoms in total. The summed E-state index contributed by atoms with van der Waals surface area (Å²) in [5, 5.41) is 3.39. The van der Waals surface area contributed by atoms with Gasteiger partial charge in [0.2, 0.25) is 5.91 Å². The van der Waals surface area contributed by atoms with E-state index in [1.165, 1.54) is 23.1 Å². The first-order valence-corrected chi connectivity index (χ1v) is 12.0. The third-order valence-electron chi connectivity index (χ3n) is 4.27. The number of carbonyl (C=O) groups is 2. The van der Waals surface area contributed by atoms with Gasteiger partial charge < -0.3 is 14.8 Å². The molecule has 0 saturated carbocycles. The molecule has 2 aromatic carbocycles. The molecule has 1 amide bonds. The number of nitrogens with one attached hydrogen (secondary N) is 1. The van der Waals surface area contributed by atoms with Crippen molar-refractivity contribution in [1.29, 1.82) is 0 Å². The number of thiazole rings is 1. The number of benzene rings is 2. The van der Waals surface area contributed by atoms with E-state index in [2.05, 4.69) is 10.3 Å². The van der Waals surface area contributed by atoms with Gasteiger partial charge in [0, 0.05) is 5.02 Å². The lowest BCUT2D eigenvalue weighted by molar-refractivity contribution is -0.143. The van der Waals surface area contributed by atoms with Crippen molar-refractivity contribution in [3.8, 4) is 5.75 Å². The maximum atomic E-state index is 12.6. The van der Waals surface area contributed by atoms with Gasteiger partial charge in [0.25, 0.3) is 0 Å². The van der Waals surface area contributed by atoms with Gasteiger partial charge in [0.1, 0.15) is 5.75 Å². The summed E-state index contributed by atoms with van der Waals surface area (Å²) in [5.74, 6) is 0.363. The molecule has 0 aliphatic rings. The van der Waals surface area contributed by atoms with E-state index in [1.807, 2.05) is 31.2 Å². The number of fused-ring (bicyclic) bond motifs is 1. The normalized spacial score (nSPS) is 11.8. The van der Waals surface area contributed by atoms with Crippen LogP contribution in [0.5, 0.6) is 5.75 Å². The number of nitrogens with zero attached hydrogens (tertiary/aromatic N) is 1. The molecule has 3 rings (SSSR count). The maximum absolute atomic E-state index is 12.6. The number of thioether (sulfide) groups is 1. The summed E-state index contributed by atoms with van der Waals surface area (Å²) >= 11 is 9.15. The largest absolute Gasteiger partial charge is 0.494 e. The Morgan fingerprint density at radius 3 is 2.74 bits per heavy atom. The Labute approximate surface area is 194 Å². The smallest absolute Gasteiger partial charge is 0.308 e. The van der Waals surface area contributed by atoms with E-state index < -0.39 is 12.0 Å². The Bertz CT molecular complexity index is 1060. The molecule has 164 valence electrons. The predicted molar refractivity (Wildman–Crippen MR) is 125 cm³/mol. The highest BCUT2D eigenvalue weighted by Gasteiger charge is 2.21. The van der Waals surface area contributed by atoms with Crippen molar-refractivity contribution in [3.63, 3.8) is 0 Å². The van der Waals surface area contributed by atoms with Gasteiger partial charge in [-0.2, -0.15) is 0 Å². The predicted octanol–water partition coefficient (Wildman–Crippen LogP) is 5.25. The zero-order chi connectivity index (χ0) is 22.2. The molecule has 3 aromatic rings. The molecule has 0 bridgehead atoms. The molecule has 0 unspecified atom stereocenters. The van der Waals surface area contributed by atoms with E-state index >= 15 is 0 Å². The molecular weight excluding hydrogens is 456 g/mol. The van der Waals surface area contributed by atoms with Crippen LogP contribution in [-0.4, -0.2) is 35.8 Å². The number of halogens is 1. The van der Waals surface area contributed by atoms with Crippen molar-refractivity contribution >= 4 is 56.8 Å². The van der Waals surface area contributed by atoms with Gasteiger partial charge in [-0.15, -0.1) is 11.3 Å². The first kappa shape index (κ1) is 23.4. The first-order chi connectivity index (χ1) is 15.0. The van der Waals surface area contributed by atoms with Crippen LogP contribution in [0.1, 0.15) is 31.9 Å². The average molecular weight is 479 g/mol. The average Bonchev–Trinajstić information content (AvgIpc) is 3.15. The zero-order valence-corrected chi connectivity index (χ0v) is 19.6. The highest BCUT2D eigenvalue weighted by molar-refractivity contribution is 8.01. The molecule has 1 heterocycles. The van der Waals surface area contributed by atoms with Gasteiger partial charge in [0.05, 0.1) is 41.6 Å². The second kappa shape index (κ2) is 11.4. The van der Waals surface area contributed by atoms with Gasteiger partial charge in [-0.3, -0.25) is 9.59 Å². The van der Waals surface area contributed by atoms with Crippen LogP contribution < -0.4 is 10.1 Å². The van der Waals surface area contributed by atoms with E-state index in [0.29, 0.717) is 17.2 Å². The summed E-state index contributed by atoms with van der Waals surface area (Å²) in [6.07, 6.45) is 0.00925. The van der Waals surface area contributed by atoms with Crippen molar-refractivity contribution in [2.45, 2.75) is 30.6 Å². The molecule has 1 aromatic heterocycles. The summed E-state index contributed by atoms with van der Waals surface area (Å²) in [4.78, 5) is 29.2. The number of rotatable bonds is 10. The van der Waals surface area contributed by atoms with Crippen LogP contribution in [0, 0.1) is 0 Å². The van der Waals surface area contributed by atoms with Gasteiger partial charge in [-0.25, -0.2) is 4.98 Å². The molecule has 9 heteroatoms. The fourth-order valence-corrected chi connectivity index (χ4v) is 5.12. The zero-order valence-electron chi connectivity index (χ0n) is 17.2. The van der Waals surface area contributed by atoms with E-state index in [1.54, 1.807) is 25.1 Å². The third-order valence-corrected chi connectivity index (χ3v) is 6.78. The van der Waals surface area contributed by atoms with Crippen LogP contribution in [-0.2, 0) is 14.3 Å². The van der Waals surface area contributed by atoms with Crippen LogP contribution in [0.15, 0.2) is 46.8 Å². The third kappa shape index (κ3) is 6.59. The highest BCUT2D eigenvalue weighted by atomic mass is 35.5. The van der Waals surface area contributed by atoms with E-state index in [-0.39, 0.29) is 24.7 Å². The molecule has 0 aliphatic heterocycles. The van der Waals surface area contributed by atoms with Crippen LogP contribution in [0.2, 0.25) is 5.02 Å². The number of hydrogen-bond donors (Lipinski definition) is 1. The topological polar surface area (TPSA) is 77.5 Å². The Morgan fingerprint density at radius 2 is 2.00 bits per heavy atom. The summed E-state index contributed by atoms with van der Waals surface area (Å²) in [5.41, 5.74) is 1.55. The minimum Gasteiger partial charge on any atom is -0.494 e. The molecule has 0 radical (unpaired) electrons. The molecule has 1 N–H and O–H groups in total. The van der Waals surface area contributed by atoms with Crippen molar-refractivity contribution in [2.75, 3.05) is 19.0 Å². The van der Waals surface area contributed by atoms with Crippen molar-refractivity contribution < 1.29 is 19.1 Å². The standard InChI is InChI=1S/C22H23ClN2O4S2/c1-3-28-14-9-10-17-19(11-14)31-22(25-17)30-13-20(26)24-18(12-21(27)29-4-2)15-7-5-6-8-16(15)23/h5-11,18H,3-4,12-13H2,1-2H3,(H,24,26)/t18-/m1/s1. The van der Waals surface area contributed by atoms with Gasteiger partial charge in [-0.05, 0) is 43.7 Å². The number of carbonyl (C=O) groups excluding carboxylic acids is 2. The molecule has 1 atom stereocenters. The minimum atomic E-state index is -0.565. The maximum Gasteiger partial charge on any atom is 0.308 e. The number of esters is 1. The van der Waals surface area contributed by atoms with Gasteiger partial charge in [0.15, 0.2) is 4.34 Å². The van der Waals surface area contributed by atoms with Gasteiger partial charge in [-0.1, -0.05) is 41.6 Å². The van der Waals surface area contributed by atoms with Crippen LogP contribution in [0.3, 0.4) is 0 Å². The Hall–Kier alpha value is -2.29. The molecule has 0 fully saturated rings. The second-order valence-corrected chi connectivity index (χ2v) is 9.14. The lowest BCUT2D eigenvalue weighted by atomic mass is 10.0. The summed E-state index contributed by atoms with van der Waals surface area (Å²) < 4.78 is 12.4. The summed E-state index contributed by atoms with van der Waals surface area (Å²) in [6.45, 7) is 4.56. The lowest BCUT2D eigenvalue weighted by Gasteiger charge is -2.19. The van der Waals surface area contributed by atoms with Crippen molar-refractivity contribution in [1.82, 2.24) is 10.3 Å². The first-order valence-electron chi connectivity index (χ1n) is 9.85. The highest BCUT2D eigenvalue weighted by Crippen LogP contribution is 2.32. The SMILES string of the molecule is CCOC(=O)C[C@@H](NC(=O)CSc1nc2ccc(OCC)cc2s1)c1ccccc1Cl. The summed E-state index contributed by atoms with van der Waals surface area (Å²) in [6, 6.07) is 12.3. The monoisotopic (exact) mass is 478 g/mol. The number of aromatic nitrogens is 1. The van der Waals surface area contributed by atoms with Crippen LogP contribution >= 0.6 is 34.7 Å².